The number of carbonyl (C=O) groups is 3. The van der Waals surface area contributed by atoms with Crippen LogP contribution >= 0.6 is 0 Å². The molecule has 5 heteroatoms. The van der Waals surface area contributed by atoms with E-state index in [9.17, 15) is 14.4 Å². The second-order valence-corrected chi connectivity index (χ2v) is 5.86. The maximum Gasteiger partial charge on any atom is 0.229 e. The molecule has 1 aliphatic heterocycles. The monoisotopic (exact) mass is 322 g/mol. The van der Waals surface area contributed by atoms with Crippen molar-refractivity contribution in [1.82, 2.24) is 0 Å². The molecule has 0 saturated carbocycles. The lowest BCUT2D eigenvalue weighted by atomic mass is 10.1. The smallest absolute Gasteiger partial charge is 0.229 e. The summed E-state index contributed by atoms with van der Waals surface area (Å²) < 4.78 is 0. The van der Waals surface area contributed by atoms with Crippen molar-refractivity contribution in [2.75, 3.05) is 16.8 Å². The summed E-state index contributed by atoms with van der Waals surface area (Å²) >= 11 is 0. The van der Waals surface area contributed by atoms with Crippen LogP contribution in [0.2, 0.25) is 0 Å². The number of benzene rings is 2. The quantitative estimate of drug-likeness (QED) is 0.880. The second-order valence-electron chi connectivity index (χ2n) is 5.86. The molecule has 0 unspecified atom stereocenters. The van der Waals surface area contributed by atoms with E-state index in [1.54, 1.807) is 29.2 Å². The topological polar surface area (TPSA) is 66.5 Å². The molecule has 0 spiro atoms. The highest BCUT2D eigenvalue weighted by molar-refractivity contribution is 6.03. The average molecular weight is 322 g/mol. The normalized spacial score (nSPS) is 17.0. The number of nitrogens with one attached hydrogen (secondary N) is 1. The number of Topliss-reactive ketones (excluding diaryl/α,β-unsaturated/α-hetero) is 1. The third-order valence-corrected chi connectivity index (χ3v) is 4.12. The van der Waals surface area contributed by atoms with Crippen LogP contribution in [0.25, 0.3) is 0 Å². The molecule has 5 nitrogen and oxygen atoms in total. The fourth-order valence-corrected chi connectivity index (χ4v) is 2.77. The van der Waals surface area contributed by atoms with E-state index in [2.05, 4.69) is 5.32 Å². The zero-order valence-electron chi connectivity index (χ0n) is 13.4. The Hall–Kier alpha value is -2.95. The number of ketones is 1. The highest BCUT2D eigenvalue weighted by atomic mass is 16.2. The maximum absolute atomic E-state index is 12.4. The molecule has 2 aromatic rings. The van der Waals surface area contributed by atoms with Gasteiger partial charge in [0.2, 0.25) is 11.8 Å². The van der Waals surface area contributed by atoms with Gasteiger partial charge in [-0.3, -0.25) is 14.4 Å². The Morgan fingerprint density at radius 2 is 1.71 bits per heavy atom. The van der Waals surface area contributed by atoms with Crippen molar-refractivity contribution in [2.45, 2.75) is 13.3 Å². The maximum atomic E-state index is 12.4. The van der Waals surface area contributed by atoms with E-state index < -0.39 is 0 Å². The van der Waals surface area contributed by atoms with Gasteiger partial charge in [-0.05, 0) is 43.3 Å². The van der Waals surface area contributed by atoms with Gasteiger partial charge in [0, 0.05) is 29.9 Å². The number of anilines is 2. The number of nitrogens with zero attached hydrogens (tertiary/aromatic N) is 1. The Kier molecular flexibility index (Phi) is 4.42. The number of para-hydroxylation sites is 1. The molecule has 1 N–H and O–H groups in total. The fraction of sp³-hybridized carbons (Fsp3) is 0.211. The van der Waals surface area contributed by atoms with Crippen molar-refractivity contribution in [1.29, 1.82) is 0 Å². The van der Waals surface area contributed by atoms with Crippen LogP contribution in [0.1, 0.15) is 23.7 Å². The molecule has 1 saturated heterocycles. The molecule has 0 aromatic heterocycles. The standard InChI is InChI=1S/C19H18N2O3/c1-13(22)14-7-9-16(10-8-14)20-19(24)15-11-18(23)21(12-15)17-5-3-2-4-6-17/h2-10,15H,11-12H2,1H3,(H,20,24)/t15-/m0/s1. The highest BCUT2D eigenvalue weighted by Gasteiger charge is 2.35. The molecule has 1 fully saturated rings. The lowest BCUT2D eigenvalue weighted by Gasteiger charge is -2.16. The van der Waals surface area contributed by atoms with Crippen LogP contribution in [-0.4, -0.2) is 24.1 Å². The average Bonchev–Trinajstić information content (AvgIpc) is 2.98. The third kappa shape index (κ3) is 3.35. The Labute approximate surface area is 140 Å². The van der Waals surface area contributed by atoms with Crippen LogP contribution in [0.15, 0.2) is 54.6 Å². The summed E-state index contributed by atoms with van der Waals surface area (Å²) in [5, 5.41) is 2.81. The van der Waals surface area contributed by atoms with Gasteiger partial charge >= 0.3 is 0 Å². The first-order chi connectivity index (χ1) is 11.5. The fourth-order valence-electron chi connectivity index (χ4n) is 2.77. The lowest BCUT2D eigenvalue weighted by Crippen LogP contribution is -2.28. The molecule has 24 heavy (non-hydrogen) atoms. The molecule has 1 atom stereocenters. The van der Waals surface area contributed by atoms with E-state index in [1.807, 2.05) is 30.3 Å². The first-order valence-corrected chi connectivity index (χ1v) is 7.82. The van der Waals surface area contributed by atoms with E-state index in [-0.39, 0.29) is 29.9 Å². The van der Waals surface area contributed by atoms with Gasteiger partial charge in [0.1, 0.15) is 0 Å². The molecular formula is C19H18N2O3. The molecule has 1 aliphatic rings. The molecule has 1 heterocycles. The SMILES string of the molecule is CC(=O)c1ccc(NC(=O)[C@H]2CC(=O)N(c3ccccc3)C2)cc1. The van der Waals surface area contributed by atoms with Gasteiger partial charge in [0.15, 0.2) is 5.78 Å². The van der Waals surface area contributed by atoms with Crippen LogP contribution in [0, 0.1) is 5.92 Å². The zero-order chi connectivity index (χ0) is 17.1. The summed E-state index contributed by atoms with van der Waals surface area (Å²) in [6.45, 7) is 1.87. The summed E-state index contributed by atoms with van der Waals surface area (Å²) in [4.78, 5) is 37.5. The summed E-state index contributed by atoms with van der Waals surface area (Å²) in [6.07, 6.45) is 0.201. The Morgan fingerprint density at radius 1 is 1.04 bits per heavy atom. The molecule has 122 valence electrons. The second kappa shape index (κ2) is 6.66. The highest BCUT2D eigenvalue weighted by Crippen LogP contribution is 2.25. The van der Waals surface area contributed by atoms with Crippen LogP contribution in [0.4, 0.5) is 11.4 Å². The molecular weight excluding hydrogens is 304 g/mol. The van der Waals surface area contributed by atoms with E-state index in [4.69, 9.17) is 0 Å². The Bertz CT molecular complexity index is 769. The van der Waals surface area contributed by atoms with Gasteiger partial charge in [-0.1, -0.05) is 18.2 Å². The van der Waals surface area contributed by atoms with E-state index in [0.29, 0.717) is 17.8 Å². The van der Waals surface area contributed by atoms with E-state index >= 15 is 0 Å². The van der Waals surface area contributed by atoms with Crippen LogP contribution < -0.4 is 10.2 Å². The van der Waals surface area contributed by atoms with Crippen molar-refractivity contribution in [3.05, 3.63) is 60.2 Å². The number of amides is 2. The first-order valence-electron chi connectivity index (χ1n) is 7.82. The van der Waals surface area contributed by atoms with Gasteiger partial charge in [0.05, 0.1) is 5.92 Å². The van der Waals surface area contributed by atoms with Gasteiger partial charge in [0.25, 0.3) is 0 Å². The summed E-state index contributed by atoms with van der Waals surface area (Å²) in [7, 11) is 0. The minimum Gasteiger partial charge on any atom is -0.326 e. The van der Waals surface area contributed by atoms with Gasteiger partial charge < -0.3 is 10.2 Å². The minimum atomic E-state index is -0.384. The van der Waals surface area contributed by atoms with E-state index in [0.717, 1.165) is 5.69 Å². The molecule has 0 aliphatic carbocycles. The van der Waals surface area contributed by atoms with Crippen molar-refractivity contribution in [3.63, 3.8) is 0 Å². The predicted molar refractivity (Wildman–Crippen MR) is 92.0 cm³/mol. The van der Waals surface area contributed by atoms with Crippen LogP contribution in [-0.2, 0) is 9.59 Å². The molecule has 2 amide bonds. The van der Waals surface area contributed by atoms with Crippen LogP contribution in [0.5, 0.6) is 0 Å². The Morgan fingerprint density at radius 3 is 2.33 bits per heavy atom. The van der Waals surface area contributed by atoms with Gasteiger partial charge in [-0.25, -0.2) is 0 Å². The molecule has 0 bridgehead atoms. The minimum absolute atomic E-state index is 0.0206. The molecule has 2 aromatic carbocycles. The van der Waals surface area contributed by atoms with Crippen molar-refractivity contribution in [2.24, 2.45) is 5.92 Å². The summed E-state index contributed by atoms with van der Waals surface area (Å²) in [5.74, 6) is -0.636. The van der Waals surface area contributed by atoms with Crippen molar-refractivity contribution in [3.8, 4) is 0 Å². The van der Waals surface area contributed by atoms with Crippen molar-refractivity contribution >= 4 is 29.0 Å². The number of hydrogen-bond acceptors (Lipinski definition) is 3. The summed E-state index contributed by atoms with van der Waals surface area (Å²) in [6, 6.07) is 16.1. The molecule has 0 radical (unpaired) electrons. The van der Waals surface area contributed by atoms with Gasteiger partial charge in [-0.2, -0.15) is 0 Å². The van der Waals surface area contributed by atoms with E-state index in [1.165, 1.54) is 6.92 Å². The number of hydrogen-bond donors (Lipinski definition) is 1. The molecule has 3 rings (SSSR count). The Balaban J connectivity index is 1.66. The zero-order valence-corrected chi connectivity index (χ0v) is 13.4. The number of rotatable bonds is 4. The van der Waals surface area contributed by atoms with Crippen molar-refractivity contribution < 1.29 is 14.4 Å². The lowest BCUT2D eigenvalue weighted by molar-refractivity contribution is -0.122. The summed E-state index contributed by atoms with van der Waals surface area (Å²) in [5.41, 5.74) is 2.03. The van der Waals surface area contributed by atoms with Gasteiger partial charge in [-0.15, -0.1) is 0 Å². The number of carbonyl (C=O) groups excluding carboxylic acids is 3. The largest absolute Gasteiger partial charge is 0.326 e. The van der Waals surface area contributed by atoms with Crippen LogP contribution in [0.3, 0.4) is 0 Å². The predicted octanol–water partition coefficient (Wildman–Crippen LogP) is 2.88. The third-order valence-electron chi connectivity index (χ3n) is 4.12. The first kappa shape index (κ1) is 15.9.